The highest BCUT2D eigenvalue weighted by Crippen LogP contribution is 2.30. The molecule has 0 unspecified atom stereocenters. The standard InChI is InChI=1S/C21H18ClFN2O4S/c22-16-8-7-14(13-20(16)30(27,28)25-11-3-4-12-25)24-21(26)19-10-9-18(29-19)15-5-1-2-6-17(15)23/h1-2,5-10,13H,3-4,11-12H2,(H,24,26). The lowest BCUT2D eigenvalue weighted by Crippen LogP contribution is -2.28. The van der Waals surface area contributed by atoms with E-state index in [4.69, 9.17) is 16.0 Å². The Morgan fingerprint density at radius 1 is 1.07 bits per heavy atom. The van der Waals surface area contributed by atoms with Crippen molar-refractivity contribution < 1.29 is 22.0 Å². The molecule has 0 bridgehead atoms. The van der Waals surface area contributed by atoms with Gasteiger partial charge in [0.1, 0.15) is 16.5 Å². The van der Waals surface area contributed by atoms with Gasteiger partial charge in [-0.1, -0.05) is 23.7 Å². The minimum atomic E-state index is -3.74. The number of hydrogen-bond acceptors (Lipinski definition) is 4. The van der Waals surface area contributed by atoms with E-state index in [1.54, 1.807) is 18.2 Å². The molecule has 9 heteroatoms. The number of anilines is 1. The Morgan fingerprint density at radius 2 is 1.80 bits per heavy atom. The number of nitrogens with zero attached hydrogens (tertiary/aromatic N) is 1. The fourth-order valence-electron chi connectivity index (χ4n) is 3.30. The van der Waals surface area contributed by atoms with Crippen LogP contribution in [0, 0.1) is 5.82 Å². The van der Waals surface area contributed by atoms with Crippen LogP contribution in [0.4, 0.5) is 10.1 Å². The summed E-state index contributed by atoms with van der Waals surface area (Å²) in [6, 6.07) is 13.2. The van der Waals surface area contributed by atoms with E-state index in [1.165, 1.54) is 40.7 Å². The SMILES string of the molecule is O=C(Nc1ccc(Cl)c(S(=O)(=O)N2CCCC2)c1)c1ccc(-c2ccccc2F)o1. The van der Waals surface area contributed by atoms with Gasteiger partial charge in [0.15, 0.2) is 5.76 Å². The molecule has 2 aromatic carbocycles. The molecule has 0 atom stereocenters. The molecule has 0 radical (unpaired) electrons. The van der Waals surface area contributed by atoms with Crippen molar-refractivity contribution in [1.29, 1.82) is 0 Å². The first-order valence-corrected chi connectivity index (χ1v) is 11.1. The fraction of sp³-hybridized carbons (Fsp3) is 0.190. The summed E-state index contributed by atoms with van der Waals surface area (Å²) in [5.41, 5.74) is 0.494. The molecular weight excluding hydrogens is 431 g/mol. The van der Waals surface area contributed by atoms with Crippen molar-refractivity contribution in [3.05, 3.63) is 71.2 Å². The molecule has 6 nitrogen and oxygen atoms in total. The van der Waals surface area contributed by atoms with E-state index in [9.17, 15) is 17.6 Å². The molecule has 1 saturated heterocycles. The number of halogens is 2. The fourth-order valence-corrected chi connectivity index (χ4v) is 5.32. The zero-order valence-electron chi connectivity index (χ0n) is 15.8. The first-order chi connectivity index (χ1) is 14.4. The Hall–Kier alpha value is -2.68. The molecule has 0 spiro atoms. The van der Waals surface area contributed by atoms with Crippen molar-refractivity contribution >= 4 is 33.2 Å². The lowest BCUT2D eigenvalue weighted by molar-refractivity contribution is 0.0997. The molecule has 3 aromatic rings. The van der Waals surface area contributed by atoms with Crippen LogP contribution in [0.15, 0.2) is 63.9 Å². The van der Waals surface area contributed by atoms with Crippen LogP contribution in [0.25, 0.3) is 11.3 Å². The van der Waals surface area contributed by atoms with Crippen molar-refractivity contribution in [3.63, 3.8) is 0 Å². The van der Waals surface area contributed by atoms with Crippen molar-refractivity contribution in [2.75, 3.05) is 18.4 Å². The second kappa shape index (κ2) is 8.22. The second-order valence-corrected chi connectivity index (χ2v) is 9.17. The highest BCUT2D eigenvalue weighted by atomic mass is 35.5. The maximum absolute atomic E-state index is 13.9. The van der Waals surface area contributed by atoms with Crippen LogP contribution < -0.4 is 5.32 Å². The number of benzene rings is 2. The highest BCUT2D eigenvalue weighted by molar-refractivity contribution is 7.89. The Balaban J connectivity index is 1.57. The number of furan rings is 1. The van der Waals surface area contributed by atoms with E-state index in [0.29, 0.717) is 13.1 Å². The molecule has 0 aliphatic carbocycles. The zero-order chi connectivity index (χ0) is 21.3. The van der Waals surface area contributed by atoms with Gasteiger partial charge in [0.05, 0.1) is 10.6 Å². The van der Waals surface area contributed by atoms with Gasteiger partial charge in [0.25, 0.3) is 5.91 Å². The molecular formula is C21H18ClFN2O4S. The number of carbonyl (C=O) groups excluding carboxylic acids is 1. The van der Waals surface area contributed by atoms with Gasteiger partial charge >= 0.3 is 0 Å². The number of sulfonamides is 1. The van der Waals surface area contributed by atoms with Gasteiger partial charge in [-0.05, 0) is 55.3 Å². The van der Waals surface area contributed by atoms with Gasteiger partial charge in [-0.25, -0.2) is 12.8 Å². The van der Waals surface area contributed by atoms with Gasteiger partial charge in [0, 0.05) is 18.8 Å². The number of amides is 1. The van der Waals surface area contributed by atoms with E-state index in [-0.39, 0.29) is 32.7 Å². The quantitative estimate of drug-likeness (QED) is 0.609. The van der Waals surface area contributed by atoms with Crippen LogP contribution in [0.2, 0.25) is 5.02 Å². The molecule has 2 heterocycles. The van der Waals surface area contributed by atoms with Gasteiger partial charge < -0.3 is 9.73 Å². The van der Waals surface area contributed by atoms with Crippen molar-refractivity contribution in [2.45, 2.75) is 17.7 Å². The van der Waals surface area contributed by atoms with E-state index in [2.05, 4.69) is 5.32 Å². The number of rotatable bonds is 5. The smallest absolute Gasteiger partial charge is 0.291 e. The summed E-state index contributed by atoms with van der Waals surface area (Å²) in [7, 11) is -3.74. The molecule has 1 aliphatic heterocycles. The van der Waals surface area contributed by atoms with Gasteiger partial charge in [-0.3, -0.25) is 4.79 Å². The lowest BCUT2D eigenvalue weighted by atomic mass is 10.1. The minimum Gasteiger partial charge on any atom is -0.451 e. The molecule has 1 N–H and O–H groups in total. The largest absolute Gasteiger partial charge is 0.451 e. The number of carbonyl (C=O) groups is 1. The minimum absolute atomic E-state index is 0.0350. The third-order valence-electron chi connectivity index (χ3n) is 4.84. The molecule has 156 valence electrons. The zero-order valence-corrected chi connectivity index (χ0v) is 17.3. The van der Waals surface area contributed by atoms with Crippen LogP contribution in [0.5, 0.6) is 0 Å². The van der Waals surface area contributed by atoms with Crippen LogP contribution in [0.1, 0.15) is 23.4 Å². The van der Waals surface area contributed by atoms with Crippen molar-refractivity contribution in [1.82, 2.24) is 4.31 Å². The second-order valence-electron chi connectivity index (χ2n) is 6.85. The van der Waals surface area contributed by atoms with Crippen LogP contribution >= 0.6 is 11.6 Å². The molecule has 4 rings (SSSR count). The summed E-state index contributed by atoms with van der Waals surface area (Å²) < 4.78 is 46.4. The summed E-state index contributed by atoms with van der Waals surface area (Å²) in [6.45, 7) is 0.890. The van der Waals surface area contributed by atoms with Gasteiger partial charge in [0.2, 0.25) is 10.0 Å². The maximum Gasteiger partial charge on any atom is 0.291 e. The first kappa shape index (κ1) is 20.6. The third kappa shape index (κ3) is 3.98. The number of hydrogen-bond donors (Lipinski definition) is 1. The van der Waals surface area contributed by atoms with Crippen LogP contribution in [-0.4, -0.2) is 31.7 Å². The normalized spacial score (nSPS) is 14.7. The molecule has 1 amide bonds. The Labute approximate surface area is 178 Å². The summed E-state index contributed by atoms with van der Waals surface area (Å²) in [4.78, 5) is 12.5. The summed E-state index contributed by atoms with van der Waals surface area (Å²) in [6.07, 6.45) is 1.60. The monoisotopic (exact) mass is 448 g/mol. The molecule has 30 heavy (non-hydrogen) atoms. The van der Waals surface area contributed by atoms with Crippen LogP contribution in [-0.2, 0) is 10.0 Å². The van der Waals surface area contributed by atoms with Crippen LogP contribution in [0.3, 0.4) is 0 Å². The Morgan fingerprint density at radius 3 is 2.53 bits per heavy atom. The molecule has 1 fully saturated rings. The molecule has 1 aromatic heterocycles. The first-order valence-electron chi connectivity index (χ1n) is 9.32. The van der Waals surface area contributed by atoms with E-state index in [1.807, 2.05) is 0 Å². The van der Waals surface area contributed by atoms with Gasteiger partial charge in [-0.2, -0.15) is 4.31 Å². The highest BCUT2D eigenvalue weighted by Gasteiger charge is 2.29. The van der Waals surface area contributed by atoms with E-state index >= 15 is 0 Å². The maximum atomic E-state index is 13.9. The Kier molecular flexibility index (Phi) is 5.64. The van der Waals surface area contributed by atoms with E-state index < -0.39 is 21.7 Å². The Bertz CT molecular complexity index is 1200. The topological polar surface area (TPSA) is 79.6 Å². The van der Waals surface area contributed by atoms with E-state index in [0.717, 1.165) is 12.8 Å². The summed E-state index contributed by atoms with van der Waals surface area (Å²) >= 11 is 6.13. The number of nitrogens with one attached hydrogen (secondary N) is 1. The lowest BCUT2D eigenvalue weighted by Gasteiger charge is -2.17. The molecule has 1 aliphatic rings. The predicted octanol–water partition coefficient (Wildman–Crippen LogP) is 4.78. The molecule has 0 saturated carbocycles. The average Bonchev–Trinajstić information content (AvgIpc) is 3.42. The summed E-state index contributed by atoms with van der Waals surface area (Å²) in [5, 5.41) is 2.68. The van der Waals surface area contributed by atoms with Crippen molar-refractivity contribution in [3.8, 4) is 11.3 Å². The predicted molar refractivity (Wildman–Crippen MR) is 112 cm³/mol. The van der Waals surface area contributed by atoms with Gasteiger partial charge in [-0.15, -0.1) is 0 Å². The van der Waals surface area contributed by atoms with Crippen molar-refractivity contribution in [2.24, 2.45) is 0 Å². The average molecular weight is 449 g/mol. The third-order valence-corrected chi connectivity index (χ3v) is 7.22. The summed E-state index contributed by atoms with van der Waals surface area (Å²) in [5.74, 6) is -0.878.